The summed E-state index contributed by atoms with van der Waals surface area (Å²) in [6, 6.07) is 12.1. The molecule has 2 amide bonds. The Bertz CT molecular complexity index is 1170. The highest BCUT2D eigenvalue weighted by atomic mass is 35.5. The lowest BCUT2D eigenvalue weighted by atomic mass is 10.1. The molecule has 0 unspecified atom stereocenters. The number of anilines is 1. The number of amides is 2. The molecule has 0 bridgehead atoms. The number of hydrogen-bond donors (Lipinski definition) is 1. The van der Waals surface area contributed by atoms with E-state index in [1.165, 1.54) is 15.5 Å². The molecule has 0 spiro atoms. The maximum absolute atomic E-state index is 13.4. The molecule has 0 saturated heterocycles. The number of hydrogen-bond acceptors (Lipinski definition) is 4. The summed E-state index contributed by atoms with van der Waals surface area (Å²) in [5.41, 5.74) is 3.14. The van der Waals surface area contributed by atoms with E-state index in [-0.39, 0.29) is 37.4 Å². The third-order valence-corrected chi connectivity index (χ3v) is 7.80. The highest BCUT2D eigenvalue weighted by Crippen LogP contribution is 2.25. The van der Waals surface area contributed by atoms with Crippen molar-refractivity contribution in [2.24, 2.45) is 0 Å². The molecule has 1 N–H and O–H groups in total. The highest BCUT2D eigenvalue weighted by Gasteiger charge is 2.28. The van der Waals surface area contributed by atoms with E-state index in [1.54, 1.807) is 13.0 Å². The van der Waals surface area contributed by atoms with Crippen LogP contribution in [0.1, 0.15) is 56.7 Å². The Kier molecular flexibility index (Phi) is 10.8. The fourth-order valence-corrected chi connectivity index (χ4v) is 5.04. The first-order valence-electron chi connectivity index (χ1n) is 12.2. The van der Waals surface area contributed by atoms with Crippen LogP contribution < -0.4 is 9.62 Å². The number of nitrogens with one attached hydrogen (secondary N) is 1. The van der Waals surface area contributed by atoms with E-state index in [9.17, 15) is 18.0 Å². The molecule has 0 aliphatic heterocycles. The molecule has 0 heterocycles. The molecule has 7 nitrogen and oxygen atoms in total. The minimum atomic E-state index is -3.55. The monoisotopic (exact) mass is 535 g/mol. The van der Waals surface area contributed by atoms with Gasteiger partial charge in [0.25, 0.3) is 0 Å². The minimum absolute atomic E-state index is 0.0156. The van der Waals surface area contributed by atoms with Gasteiger partial charge in [-0.25, -0.2) is 8.42 Å². The van der Waals surface area contributed by atoms with Crippen molar-refractivity contribution in [3.63, 3.8) is 0 Å². The second kappa shape index (κ2) is 13.1. The van der Waals surface area contributed by atoms with Crippen LogP contribution in [0.5, 0.6) is 0 Å². The normalized spacial score (nSPS) is 13.1. The third kappa shape index (κ3) is 8.23. The molecule has 2 rings (SSSR count). The summed E-state index contributed by atoms with van der Waals surface area (Å²) in [5, 5.41) is 3.46. The van der Waals surface area contributed by atoms with Crippen LogP contribution in [-0.2, 0) is 26.2 Å². The first-order chi connectivity index (χ1) is 16.8. The van der Waals surface area contributed by atoms with E-state index in [0.29, 0.717) is 17.1 Å². The third-order valence-electron chi connectivity index (χ3n) is 6.25. The van der Waals surface area contributed by atoms with Gasteiger partial charge in [-0.2, -0.15) is 0 Å². The van der Waals surface area contributed by atoms with Gasteiger partial charge in [-0.15, -0.1) is 0 Å². The van der Waals surface area contributed by atoms with Crippen LogP contribution in [0.2, 0.25) is 5.02 Å². The van der Waals surface area contributed by atoms with Gasteiger partial charge in [-0.3, -0.25) is 13.9 Å². The van der Waals surface area contributed by atoms with Gasteiger partial charge in [0, 0.05) is 30.6 Å². The quantitative estimate of drug-likeness (QED) is 0.421. The zero-order valence-corrected chi connectivity index (χ0v) is 23.6. The van der Waals surface area contributed by atoms with E-state index in [1.807, 2.05) is 64.1 Å². The topological polar surface area (TPSA) is 86.8 Å². The van der Waals surface area contributed by atoms with Gasteiger partial charge in [0.1, 0.15) is 6.04 Å². The lowest BCUT2D eigenvalue weighted by Crippen LogP contribution is -2.49. The summed E-state index contributed by atoms with van der Waals surface area (Å²) in [7, 11) is -3.55. The molecule has 0 aromatic heterocycles. The zero-order valence-electron chi connectivity index (χ0n) is 22.0. The molecule has 198 valence electrons. The van der Waals surface area contributed by atoms with Crippen molar-refractivity contribution in [2.45, 2.75) is 72.5 Å². The highest BCUT2D eigenvalue weighted by molar-refractivity contribution is 7.92. The first-order valence-corrected chi connectivity index (χ1v) is 14.5. The van der Waals surface area contributed by atoms with Crippen LogP contribution in [0, 0.1) is 13.8 Å². The second-order valence-electron chi connectivity index (χ2n) is 9.34. The van der Waals surface area contributed by atoms with Crippen LogP contribution in [0.4, 0.5) is 5.69 Å². The second-order valence-corrected chi connectivity index (χ2v) is 11.6. The van der Waals surface area contributed by atoms with Crippen LogP contribution in [0.25, 0.3) is 0 Å². The number of halogens is 1. The van der Waals surface area contributed by atoms with Gasteiger partial charge in [0.15, 0.2) is 0 Å². The molecule has 2 aromatic carbocycles. The van der Waals surface area contributed by atoms with Crippen LogP contribution in [0.15, 0.2) is 42.5 Å². The molecule has 0 aliphatic carbocycles. The molecule has 36 heavy (non-hydrogen) atoms. The fourth-order valence-electron chi connectivity index (χ4n) is 3.83. The minimum Gasteiger partial charge on any atom is -0.352 e. The Balaban J connectivity index is 2.22. The molecule has 0 saturated carbocycles. The lowest BCUT2D eigenvalue weighted by molar-refractivity contribution is -0.140. The smallest absolute Gasteiger partial charge is 0.242 e. The first kappa shape index (κ1) is 29.6. The SMILES string of the molecule is CC[C@@H](C)NC(=O)[C@H](C)N(Cc1ccccc1Cl)C(=O)CCCN(c1cc(C)ccc1C)S(C)(=O)=O. The molecule has 0 fully saturated rings. The lowest BCUT2D eigenvalue weighted by Gasteiger charge is -2.30. The van der Waals surface area contributed by atoms with Crippen molar-refractivity contribution in [3.8, 4) is 0 Å². The summed E-state index contributed by atoms with van der Waals surface area (Å²) in [6.07, 6.45) is 2.33. The van der Waals surface area contributed by atoms with Crippen molar-refractivity contribution >= 4 is 39.1 Å². The number of carbonyl (C=O) groups is 2. The largest absolute Gasteiger partial charge is 0.352 e. The van der Waals surface area contributed by atoms with E-state index >= 15 is 0 Å². The van der Waals surface area contributed by atoms with Gasteiger partial charge in [-0.1, -0.05) is 48.9 Å². The van der Waals surface area contributed by atoms with E-state index < -0.39 is 16.1 Å². The Morgan fingerprint density at radius 2 is 1.75 bits per heavy atom. The van der Waals surface area contributed by atoms with Crippen LogP contribution in [-0.4, -0.2) is 50.0 Å². The number of nitrogens with zero attached hydrogens (tertiary/aromatic N) is 2. The summed E-state index contributed by atoms with van der Waals surface area (Å²) in [4.78, 5) is 27.8. The Labute approximate surface area is 220 Å². The number of benzene rings is 2. The molecule has 0 aliphatic rings. The zero-order chi connectivity index (χ0) is 27.0. The van der Waals surface area contributed by atoms with Crippen LogP contribution >= 0.6 is 11.6 Å². The average Bonchev–Trinajstić information content (AvgIpc) is 2.81. The van der Waals surface area contributed by atoms with Crippen molar-refractivity contribution in [2.75, 3.05) is 17.1 Å². The van der Waals surface area contributed by atoms with Crippen molar-refractivity contribution < 1.29 is 18.0 Å². The van der Waals surface area contributed by atoms with Crippen molar-refractivity contribution in [1.82, 2.24) is 10.2 Å². The summed E-state index contributed by atoms with van der Waals surface area (Å²) in [5.74, 6) is -0.478. The van der Waals surface area contributed by atoms with Crippen LogP contribution in [0.3, 0.4) is 0 Å². The number of sulfonamides is 1. The van der Waals surface area contributed by atoms with Gasteiger partial charge in [-0.05, 0) is 69.4 Å². The Morgan fingerprint density at radius 3 is 2.36 bits per heavy atom. The van der Waals surface area contributed by atoms with E-state index in [4.69, 9.17) is 11.6 Å². The number of aryl methyl sites for hydroxylation is 2. The standard InChI is InChI=1S/C27H38ClN3O4S/c1-7-21(4)29-27(33)22(5)30(18-23-11-8-9-12-24(23)28)26(32)13-10-16-31(36(6,34)35)25-17-19(2)14-15-20(25)3/h8-9,11-12,14-15,17,21-22H,7,10,13,16,18H2,1-6H3,(H,29,33)/t21-,22+/m1/s1. The summed E-state index contributed by atoms with van der Waals surface area (Å²) in [6.45, 7) is 9.70. The van der Waals surface area contributed by atoms with Crippen molar-refractivity contribution in [1.29, 1.82) is 0 Å². The average molecular weight is 536 g/mol. The molecular formula is C27H38ClN3O4S. The maximum atomic E-state index is 13.4. The van der Waals surface area contributed by atoms with Gasteiger partial charge in [0.2, 0.25) is 21.8 Å². The fraction of sp³-hybridized carbons (Fsp3) is 0.481. The van der Waals surface area contributed by atoms with E-state index in [2.05, 4.69) is 5.32 Å². The molecular weight excluding hydrogens is 498 g/mol. The predicted molar refractivity (Wildman–Crippen MR) is 147 cm³/mol. The van der Waals surface area contributed by atoms with Gasteiger partial charge < -0.3 is 10.2 Å². The number of carbonyl (C=O) groups excluding carboxylic acids is 2. The van der Waals surface area contributed by atoms with Gasteiger partial charge in [0.05, 0.1) is 11.9 Å². The molecule has 9 heteroatoms. The van der Waals surface area contributed by atoms with Gasteiger partial charge >= 0.3 is 0 Å². The number of rotatable bonds is 12. The predicted octanol–water partition coefficient (Wildman–Crippen LogP) is 4.84. The maximum Gasteiger partial charge on any atom is 0.242 e. The Morgan fingerprint density at radius 1 is 1.08 bits per heavy atom. The summed E-state index contributed by atoms with van der Waals surface area (Å²) < 4.78 is 26.5. The molecule has 2 aromatic rings. The molecule has 2 atom stereocenters. The summed E-state index contributed by atoms with van der Waals surface area (Å²) >= 11 is 6.34. The van der Waals surface area contributed by atoms with Crippen molar-refractivity contribution in [3.05, 3.63) is 64.2 Å². The molecule has 0 radical (unpaired) electrons. The Hall–Kier alpha value is -2.58. The van der Waals surface area contributed by atoms with E-state index in [0.717, 1.165) is 23.1 Å².